The molecule has 0 spiro atoms. The number of halogens is 1. The van der Waals surface area contributed by atoms with Crippen molar-refractivity contribution in [3.63, 3.8) is 0 Å². The van der Waals surface area contributed by atoms with Gasteiger partial charge in [0.15, 0.2) is 11.8 Å². The van der Waals surface area contributed by atoms with Crippen molar-refractivity contribution < 1.29 is 0 Å². The molecular formula is C17H18ClN5. The fourth-order valence-electron chi connectivity index (χ4n) is 2.60. The lowest BCUT2D eigenvalue weighted by Crippen LogP contribution is -2.22. The number of guanidine groups is 1. The number of hydrogen-bond acceptors (Lipinski definition) is 3. The molecule has 1 heterocycles. The normalized spacial score (nSPS) is 10.2. The van der Waals surface area contributed by atoms with Crippen molar-refractivity contribution in [1.82, 2.24) is 10.2 Å². The molecule has 0 atom stereocenters. The molecular weight excluding hydrogens is 310 g/mol. The molecule has 0 aliphatic carbocycles. The van der Waals surface area contributed by atoms with Crippen LogP contribution in [0.5, 0.6) is 0 Å². The summed E-state index contributed by atoms with van der Waals surface area (Å²) in [6, 6.07) is 14.1. The first kappa shape index (κ1) is 16.7. The van der Waals surface area contributed by atoms with E-state index < -0.39 is 0 Å². The highest BCUT2D eigenvalue weighted by Gasteiger charge is 2.13. The average molecular weight is 328 g/mol. The maximum absolute atomic E-state index is 5.50. The van der Waals surface area contributed by atoms with E-state index in [1.54, 1.807) is 0 Å². The maximum atomic E-state index is 5.50. The van der Waals surface area contributed by atoms with Crippen LogP contribution in [-0.2, 0) is 0 Å². The van der Waals surface area contributed by atoms with Crippen LogP contribution in [0.1, 0.15) is 11.1 Å². The number of aliphatic imine (C=N–C) groups is 1. The molecule has 6 heteroatoms. The van der Waals surface area contributed by atoms with Gasteiger partial charge in [-0.2, -0.15) is 4.99 Å². The Hall–Kier alpha value is -2.66. The fourth-order valence-corrected chi connectivity index (χ4v) is 2.60. The van der Waals surface area contributed by atoms with Crippen LogP contribution in [0.3, 0.4) is 0 Å². The molecule has 0 saturated heterocycles. The minimum absolute atomic E-state index is 0. The quantitative estimate of drug-likeness (QED) is 0.558. The van der Waals surface area contributed by atoms with Gasteiger partial charge in [0.2, 0.25) is 0 Å². The third-order valence-electron chi connectivity index (χ3n) is 3.63. The van der Waals surface area contributed by atoms with Gasteiger partial charge in [-0.15, -0.1) is 22.6 Å². The lowest BCUT2D eigenvalue weighted by molar-refractivity contribution is 1.04. The number of nitrogens with two attached hydrogens (primary N) is 2. The smallest absolute Gasteiger partial charge is 0.192 e. The Morgan fingerprint density at radius 2 is 1.61 bits per heavy atom. The number of aryl methyl sites for hydroxylation is 2. The molecule has 0 fully saturated rings. The molecule has 118 valence electrons. The van der Waals surface area contributed by atoms with Crippen LogP contribution in [0.2, 0.25) is 0 Å². The zero-order chi connectivity index (χ0) is 15.7. The van der Waals surface area contributed by atoms with Crippen molar-refractivity contribution in [2.75, 3.05) is 0 Å². The van der Waals surface area contributed by atoms with E-state index in [0.29, 0.717) is 5.82 Å². The number of hydrogen-bond donors (Lipinski definition) is 2. The molecule has 0 bridgehead atoms. The van der Waals surface area contributed by atoms with Gasteiger partial charge in [-0.05, 0) is 25.0 Å². The second-order valence-electron chi connectivity index (χ2n) is 5.22. The molecule has 2 aromatic carbocycles. The van der Waals surface area contributed by atoms with E-state index >= 15 is 0 Å². The van der Waals surface area contributed by atoms with E-state index in [1.807, 2.05) is 43.3 Å². The van der Waals surface area contributed by atoms with Crippen LogP contribution >= 0.6 is 12.4 Å². The summed E-state index contributed by atoms with van der Waals surface area (Å²) in [6.07, 6.45) is 0. The maximum Gasteiger partial charge on any atom is 0.192 e. The van der Waals surface area contributed by atoms with Gasteiger partial charge in [0.1, 0.15) is 5.69 Å². The summed E-state index contributed by atoms with van der Waals surface area (Å²) in [5.74, 6) is 0.424. The minimum Gasteiger partial charge on any atom is -0.370 e. The number of aromatic nitrogens is 2. The van der Waals surface area contributed by atoms with Crippen molar-refractivity contribution in [2.45, 2.75) is 13.8 Å². The predicted molar refractivity (Wildman–Crippen MR) is 97.2 cm³/mol. The lowest BCUT2D eigenvalue weighted by atomic mass is 9.99. The average Bonchev–Trinajstić information content (AvgIpc) is 2.48. The molecule has 1 aromatic heterocycles. The third-order valence-corrected chi connectivity index (χ3v) is 3.63. The summed E-state index contributed by atoms with van der Waals surface area (Å²) < 4.78 is 0. The molecule has 3 aromatic rings. The van der Waals surface area contributed by atoms with Gasteiger partial charge in [-0.1, -0.05) is 42.5 Å². The summed E-state index contributed by atoms with van der Waals surface area (Å²) in [6.45, 7) is 4.07. The number of nitrogens with zero attached hydrogens (tertiary/aromatic N) is 3. The summed E-state index contributed by atoms with van der Waals surface area (Å²) in [7, 11) is 0. The minimum atomic E-state index is -0.0255. The van der Waals surface area contributed by atoms with Crippen LogP contribution in [0.4, 0.5) is 5.82 Å². The summed E-state index contributed by atoms with van der Waals surface area (Å²) >= 11 is 0. The summed E-state index contributed by atoms with van der Waals surface area (Å²) in [4.78, 5) is 4.10. The van der Waals surface area contributed by atoms with Crippen LogP contribution in [0, 0.1) is 13.8 Å². The highest BCUT2D eigenvalue weighted by atomic mass is 35.5. The molecule has 0 unspecified atom stereocenters. The number of fused-ring (bicyclic) bond motifs is 1. The SMILES string of the molecule is Cc1ccccc1-c1nnc(N=C(N)N)c2c(C)cccc12.Cl. The van der Waals surface area contributed by atoms with Gasteiger partial charge in [0.25, 0.3) is 0 Å². The molecule has 0 aliphatic rings. The van der Waals surface area contributed by atoms with Gasteiger partial charge >= 0.3 is 0 Å². The monoisotopic (exact) mass is 327 g/mol. The summed E-state index contributed by atoms with van der Waals surface area (Å²) in [5.41, 5.74) is 15.1. The standard InChI is InChI=1S/C17H17N5.ClH/c1-10-6-3-4-8-12(10)15-13-9-5-7-11(2)14(13)16(22-21-15)20-17(18)19;/h3-9H,1-2H3,(H4,18,19,20,22);1H. The zero-order valence-corrected chi connectivity index (χ0v) is 13.8. The van der Waals surface area contributed by atoms with E-state index in [4.69, 9.17) is 11.5 Å². The van der Waals surface area contributed by atoms with Crippen molar-refractivity contribution in [3.05, 3.63) is 53.6 Å². The van der Waals surface area contributed by atoms with Crippen molar-refractivity contribution in [1.29, 1.82) is 0 Å². The Bertz CT molecular complexity index is 885. The first-order chi connectivity index (χ1) is 10.6. The lowest BCUT2D eigenvalue weighted by Gasteiger charge is -2.11. The van der Waals surface area contributed by atoms with E-state index in [2.05, 4.69) is 28.2 Å². The molecule has 4 N–H and O–H groups in total. The van der Waals surface area contributed by atoms with E-state index in [1.165, 1.54) is 0 Å². The van der Waals surface area contributed by atoms with Gasteiger partial charge in [-0.3, -0.25) is 0 Å². The highest BCUT2D eigenvalue weighted by Crippen LogP contribution is 2.34. The van der Waals surface area contributed by atoms with Crippen LogP contribution < -0.4 is 11.5 Å². The second kappa shape index (κ2) is 6.62. The van der Waals surface area contributed by atoms with Gasteiger partial charge in [0, 0.05) is 16.3 Å². The zero-order valence-electron chi connectivity index (χ0n) is 12.9. The first-order valence-corrected chi connectivity index (χ1v) is 6.99. The van der Waals surface area contributed by atoms with Crippen LogP contribution in [0.15, 0.2) is 47.5 Å². The molecule has 3 rings (SSSR count). The molecule has 0 saturated carbocycles. The highest BCUT2D eigenvalue weighted by molar-refractivity contribution is 6.02. The Balaban J connectivity index is 0.00000192. The van der Waals surface area contributed by atoms with E-state index in [0.717, 1.165) is 33.2 Å². The van der Waals surface area contributed by atoms with Crippen molar-refractivity contribution >= 4 is 35.0 Å². The predicted octanol–water partition coefficient (Wildman–Crippen LogP) is 3.24. The van der Waals surface area contributed by atoms with Gasteiger partial charge < -0.3 is 11.5 Å². The fraction of sp³-hybridized carbons (Fsp3) is 0.118. The first-order valence-electron chi connectivity index (χ1n) is 6.99. The Morgan fingerprint density at radius 1 is 0.913 bits per heavy atom. The molecule has 0 radical (unpaired) electrons. The third kappa shape index (κ3) is 3.10. The summed E-state index contributed by atoms with van der Waals surface area (Å²) in [5, 5.41) is 10.5. The Kier molecular flexibility index (Phi) is 4.81. The molecule has 5 nitrogen and oxygen atoms in total. The number of rotatable bonds is 2. The largest absolute Gasteiger partial charge is 0.370 e. The van der Waals surface area contributed by atoms with E-state index in [-0.39, 0.29) is 18.4 Å². The second-order valence-corrected chi connectivity index (χ2v) is 5.22. The van der Waals surface area contributed by atoms with Gasteiger partial charge in [-0.25, -0.2) is 0 Å². The Labute approximate surface area is 140 Å². The van der Waals surface area contributed by atoms with Crippen LogP contribution in [-0.4, -0.2) is 16.2 Å². The molecule has 0 aliphatic heterocycles. The Morgan fingerprint density at radius 3 is 2.30 bits per heavy atom. The van der Waals surface area contributed by atoms with Crippen LogP contribution in [0.25, 0.3) is 22.0 Å². The van der Waals surface area contributed by atoms with E-state index in [9.17, 15) is 0 Å². The molecule has 23 heavy (non-hydrogen) atoms. The van der Waals surface area contributed by atoms with Gasteiger partial charge in [0.05, 0.1) is 0 Å². The van der Waals surface area contributed by atoms with Crippen molar-refractivity contribution in [3.8, 4) is 11.3 Å². The number of benzene rings is 2. The van der Waals surface area contributed by atoms with Crippen molar-refractivity contribution in [2.24, 2.45) is 16.5 Å². The molecule has 0 amide bonds. The topological polar surface area (TPSA) is 90.2 Å².